The lowest BCUT2D eigenvalue weighted by Crippen LogP contribution is -2.13. The van der Waals surface area contributed by atoms with E-state index in [1.807, 2.05) is 12.1 Å². The van der Waals surface area contributed by atoms with E-state index in [0.717, 1.165) is 5.03 Å². The smallest absolute Gasteiger partial charge is 0.134 e. The van der Waals surface area contributed by atoms with Gasteiger partial charge in [0.1, 0.15) is 5.03 Å². The fraction of sp³-hybridized carbons (Fsp3) is 0.429. The summed E-state index contributed by atoms with van der Waals surface area (Å²) < 4.78 is 3.18. The minimum Gasteiger partial charge on any atom is -0.256 e. The Balaban J connectivity index is 2.39. The Morgan fingerprint density at radius 2 is 2.36 bits per heavy atom. The Hall–Kier alpha value is -0.610. The lowest BCUT2D eigenvalue weighted by molar-refractivity contribution is 0.767. The second-order valence-corrected chi connectivity index (χ2v) is 3.29. The molecule has 0 saturated carbocycles. The topological polar surface area (TPSA) is 37.8 Å². The zero-order valence-electron chi connectivity index (χ0n) is 6.61. The van der Waals surface area contributed by atoms with Gasteiger partial charge < -0.3 is 0 Å². The molecule has 0 aliphatic rings. The molecular weight excluding hydrogens is 158 g/mol. The fourth-order valence-corrected chi connectivity index (χ4v) is 1.11. The third kappa shape index (κ3) is 3.34. The summed E-state index contributed by atoms with van der Waals surface area (Å²) in [6.07, 6.45) is 1.67. The molecule has 0 bridgehead atoms. The van der Waals surface area contributed by atoms with Gasteiger partial charge in [0, 0.05) is 12.2 Å². The van der Waals surface area contributed by atoms with Crippen LogP contribution < -0.4 is 4.72 Å². The summed E-state index contributed by atoms with van der Waals surface area (Å²) in [5, 5.41) is 8.56. The van der Waals surface area contributed by atoms with E-state index in [-0.39, 0.29) is 0 Å². The molecule has 11 heavy (non-hydrogen) atoms. The van der Waals surface area contributed by atoms with Crippen LogP contribution in [0.25, 0.3) is 0 Å². The third-order valence-electron chi connectivity index (χ3n) is 0.947. The van der Waals surface area contributed by atoms with E-state index in [4.69, 9.17) is 0 Å². The molecule has 0 fully saturated rings. The molecule has 0 saturated heterocycles. The van der Waals surface area contributed by atoms with E-state index in [0.29, 0.717) is 6.04 Å². The summed E-state index contributed by atoms with van der Waals surface area (Å²) in [7, 11) is 0. The van der Waals surface area contributed by atoms with Crippen LogP contribution in [0.15, 0.2) is 23.4 Å². The number of aromatic nitrogens is 2. The molecule has 0 aliphatic carbocycles. The number of nitrogens with one attached hydrogen (secondary N) is 1. The van der Waals surface area contributed by atoms with Gasteiger partial charge in [0.25, 0.3) is 0 Å². The average Bonchev–Trinajstić information content (AvgIpc) is 2.03. The molecule has 1 N–H and O–H groups in total. The van der Waals surface area contributed by atoms with Crippen LogP contribution in [0.5, 0.6) is 0 Å². The molecule has 60 valence electrons. The molecule has 0 aliphatic heterocycles. The first kappa shape index (κ1) is 8.49. The van der Waals surface area contributed by atoms with Crippen molar-refractivity contribution in [1.82, 2.24) is 14.9 Å². The lowest BCUT2D eigenvalue weighted by Gasteiger charge is -2.04. The highest BCUT2D eigenvalue weighted by atomic mass is 32.2. The molecule has 0 aromatic carbocycles. The van der Waals surface area contributed by atoms with Crippen molar-refractivity contribution in [1.29, 1.82) is 0 Å². The Morgan fingerprint density at radius 3 is 2.91 bits per heavy atom. The maximum absolute atomic E-state index is 3.90. The zero-order valence-corrected chi connectivity index (χ0v) is 7.43. The standard InChI is InChI=1S/C7H11N3S/c1-6(2)10-11-7-4-3-5-8-9-7/h3-6,10H,1-2H3. The second-order valence-electron chi connectivity index (χ2n) is 2.44. The Morgan fingerprint density at radius 1 is 1.55 bits per heavy atom. The maximum Gasteiger partial charge on any atom is 0.134 e. The molecule has 1 aromatic heterocycles. The Labute approximate surface area is 70.7 Å². The fourth-order valence-electron chi connectivity index (χ4n) is 0.520. The minimum absolute atomic E-state index is 0.460. The predicted octanol–water partition coefficient (Wildman–Crippen LogP) is 1.48. The first-order valence-corrected chi connectivity index (χ1v) is 4.31. The summed E-state index contributed by atoms with van der Waals surface area (Å²) in [5.41, 5.74) is 0. The number of hydrogen-bond acceptors (Lipinski definition) is 4. The van der Waals surface area contributed by atoms with Crippen molar-refractivity contribution in [3.8, 4) is 0 Å². The molecule has 1 aromatic rings. The molecule has 1 heterocycles. The van der Waals surface area contributed by atoms with Gasteiger partial charge >= 0.3 is 0 Å². The summed E-state index contributed by atoms with van der Waals surface area (Å²) >= 11 is 1.50. The van der Waals surface area contributed by atoms with Crippen LogP contribution >= 0.6 is 11.9 Å². The lowest BCUT2D eigenvalue weighted by atomic mass is 10.4. The zero-order chi connectivity index (χ0) is 8.10. The Bertz CT molecular complexity index is 200. The number of nitrogens with zero attached hydrogens (tertiary/aromatic N) is 2. The van der Waals surface area contributed by atoms with Crippen LogP contribution in [0.4, 0.5) is 0 Å². The third-order valence-corrected chi connectivity index (χ3v) is 1.96. The van der Waals surface area contributed by atoms with Crippen molar-refractivity contribution in [3.63, 3.8) is 0 Å². The SMILES string of the molecule is CC(C)NSc1cccnn1. The molecule has 1 rings (SSSR count). The van der Waals surface area contributed by atoms with E-state index in [9.17, 15) is 0 Å². The van der Waals surface area contributed by atoms with E-state index < -0.39 is 0 Å². The van der Waals surface area contributed by atoms with Crippen molar-refractivity contribution in [2.75, 3.05) is 0 Å². The van der Waals surface area contributed by atoms with Gasteiger partial charge in [0.05, 0.1) is 0 Å². The summed E-state index contributed by atoms with van der Waals surface area (Å²) in [6.45, 7) is 4.17. The second kappa shape index (κ2) is 4.31. The monoisotopic (exact) mass is 169 g/mol. The Kier molecular flexibility index (Phi) is 3.32. The van der Waals surface area contributed by atoms with Crippen LogP contribution in [0.1, 0.15) is 13.8 Å². The van der Waals surface area contributed by atoms with Crippen LogP contribution in [0.3, 0.4) is 0 Å². The highest BCUT2D eigenvalue weighted by Gasteiger charge is 1.95. The first-order chi connectivity index (χ1) is 5.29. The van der Waals surface area contributed by atoms with E-state index >= 15 is 0 Å². The quantitative estimate of drug-likeness (QED) is 0.695. The normalized spacial score (nSPS) is 10.5. The summed E-state index contributed by atoms with van der Waals surface area (Å²) in [6, 6.07) is 4.26. The van der Waals surface area contributed by atoms with Gasteiger partial charge in [-0.15, -0.1) is 5.10 Å². The van der Waals surface area contributed by atoms with Crippen LogP contribution in [0.2, 0.25) is 0 Å². The van der Waals surface area contributed by atoms with Crippen molar-refractivity contribution >= 4 is 11.9 Å². The summed E-state index contributed by atoms with van der Waals surface area (Å²) in [4.78, 5) is 0. The average molecular weight is 169 g/mol. The molecule has 0 radical (unpaired) electrons. The van der Waals surface area contributed by atoms with Gasteiger partial charge in [0.2, 0.25) is 0 Å². The van der Waals surface area contributed by atoms with Gasteiger partial charge in [-0.1, -0.05) is 0 Å². The van der Waals surface area contributed by atoms with Crippen LogP contribution in [-0.2, 0) is 0 Å². The van der Waals surface area contributed by atoms with Gasteiger partial charge in [-0.2, -0.15) is 5.10 Å². The molecular formula is C7H11N3S. The maximum atomic E-state index is 3.90. The molecule has 0 spiro atoms. The van der Waals surface area contributed by atoms with Crippen molar-refractivity contribution in [2.45, 2.75) is 24.9 Å². The van der Waals surface area contributed by atoms with Gasteiger partial charge in [0.15, 0.2) is 0 Å². The van der Waals surface area contributed by atoms with Gasteiger partial charge in [-0.05, 0) is 37.9 Å². The largest absolute Gasteiger partial charge is 0.256 e. The number of hydrogen-bond donors (Lipinski definition) is 1. The predicted molar refractivity (Wildman–Crippen MR) is 46.2 cm³/mol. The molecule has 3 nitrogen and oxygen atoms in total. The van der Waals surface area contributed by atoms with Gasteiger partial charge in [-0.3, -0.25) is 4.72 Å². The van der Waals surface area contributed by atoms with Crippen molar-refractivity contribution in [2.24, 2.45) is 0 Å². The molecule has 0 unspecified atom stereocenters. The van der Waals surface area contributed by atoms with E-state index in [1.165, 1.54) is 11.9 Å². The van der Waals surface area contributed by atoms with E-state index in [1.54, 1.807) is 6.20 Å². The minimum atomic E-state index is 0.460. The number of rotatable bonds is 3. The molecule has 4 heteroatoms. The van der Waals surface area contributed by atoms with Crippen molar-refractivity contribution < 1.29 is 0 Å². The molecule has 0 atom stereocenters. The van der Waals surface area contributed by atoms with Gasteiger partial charge in [-0.25, -0.2) is 0 Å². The molecule has 0 amide bonds. The van der Waals surface area contributed by atoms with Crippen LogP contribution in [-0.4, -0.2) is 16.2 Å². The highest BCUT2D eigenvalue weighted by Crippen LogP contribution is 2.08. The summed E-state index contributed by atoms with van der Waals surface area (Å²) in [5.74, 6) is 0. The van der Waals surface area contributed by atoms with Crippen LogP contribution in [0, 0.1) is 0 Å². The van der Waals surface area contributed by atoms with E-state index in [2.05, 4.69) is 28.8 Å². The highest BCUT2D eigenvalue weighted by molar-refractivity contribution is 7.97. The first-order valence-electron chi connectivity index (χ1n) is 3.49. The van der Waals surface area contributed by atoms with Crippen molar-refractivity contribution in [3.05, 3.63) is 18.3 Å².